The smallest absolute Gasteiger partial charge is 0.194 e. The van der Waals surface area contributed by atoms with E-state index in [1.165, 1.54) is 0 Å². The van der Waals surface area contributed by atoms with Crippen LogP contribution in [-0.4, -0.2) is 0 Å². The fraction of sp³-hybridized carbons (Fsp3) is 0.250. The van der Waals surface area contributed by atoms with Gasteiger partial charge in [0.05, 0.1) is 0 Å². The van der Waals surface area contributed by atoms with E-state index in [1.54, 1.807) is 6.07 Å². The molecule has 2 aromatic rings. The Labute approximate surface area is 120 Å². The van der Waals surface area contributed by atoms with Crippen molar-refractivity contribution in [3.05, 3.63) is 64.5 Å². The lowest BCUT2D eigenvalue weighted by Gasteiger charge is -2.31. The molecule has 0 saturated carbocycles. The van der Waals surface area contributed by atoms with E-state index < -0.39 is 23.6 Å². The molecule has 0 saturated heterocycles. The van der Waals surface area contributed by atoms with Gasteiger partial charge in [-0.3, -0.25) is 0 Å². The standard InChI is InChI=1S/C16H14F3NO/c1-8-2-3-14-10(4-8)13(20)7-15(21-14)9-5-11(17)16(19)12(18)6-9/h2-6,13,15H,7,20H2,1H3. The molecule has 0 radical (unpaired) electrons. The molecule has 0 spiro atoms. The summed E-state index contributed by atoms with van der Waals surface area (Å²) in [7, 11) is 0. The lowest BCUT2D eigenvalue weighted by molar-refractivity contribution is 0.160. The fourth-order valence-electron chi connectivity index (χ4n) is 2.59. The predicted octanol–water partition coefficient (Wildman–Crippen LogP) is 3.94. The molecule has 2 atom stereocenters. The minimum Gasteiger partial charge on any atom is -0.485 e. The number of benzene rings is 2. The molecule has 1 aliphatic rings. The summed E-state index contributed by atoms with van der Waals surface area (Å²) in [6.07, 6.45) is -0.221. The van der Waals surface area contributed by atoms with Crippen LogP contribution in [0.3, 0.4) is 0 Å². The summed E-state index contributed by atoms with van der Waals surface area (Å²) in [5.41, 5.74) is 8.28. The quantitative estimate of drug-likeness (QED) is 0.808. The van der Waals surface area contributed by atoms with Gasteiger partial charge in [-0.25, -0.2) is 13.2 Å². The minimum absolute atomic E-state index is 0.244. The highest BCUT2D eigenvalue weighted by Gasteiger charge is 2.28. The molecule has 2 unspecified atom stereocenters. The van der Waals surface area contributed by atoms with Gasteiger partial charge in [0.2, 0.25) is 0 Å². The largest absolute Gasteiger partial charge is 0.485 e. The van der Waals surface area contributed by atoms with Crippen molar-refractivity contribution in [1.82, 2.24) is 0 Å². The van der Waals surface area contributed by atoms with Crippen LogP contribution in [0.5, 0.6) is 5.75 Å². The Morgan fingerprint density at radius 2 is 1.76 bits per heavy atom. The van der Waals surface area contributed by atoms with E-state index in [0.29, 0.717) is 12.2 Å². The van der Waals surface area contributed by atoms with Gasteiger partial charge in [0.25, 0.3) is 0 Å². The number of rotatable bonds is 1. The van der Waals surface area contributed by atoms with Gasteiger partial charge in [0, 0.05) is 18.0 Å². The number of ether oxygens (including phenoxy) is 1. The van der Waals surface area contributed by atoms with Gasteiger partial charge in [-0.1, -0.05) is 17.7 Å². The molecule has 0 aliphatic carbocycles. The first-order valence-electron chi connectivity index (χ1n) is 6.63. The van der Waals surface area contributed by atoms with Crippen LogP contribution in [0.1, 0.15) is 35.3 Å². The maximum Gasteiger partial charge on any atom is 0.194 e. The Bertz CT molecular complexity index is 679. The first kappa shape index (κ1) is 13.9. The Kier molecular flexibility index (Phi) is 3.37. The molecule has 110 valence electrons. The molecular formula is C16H14F3NO. The van der Waals surface area contributed by atoms with Crippen molar-refractivity contribution in [2.45, 2.75) is 25.5 Å². The van der Waals surface area contributed by atoms with E-state index in [4.69, 9.17) is 10.5 Å². The van der Waals surface area contributed by atoms with E-state index in [1.807, 2.05) is 19.1 Å². The van der Waals surface area contributed by atoms with Crippen molar-refractivity contribution >= 4 is 0 Å². The summed E-state index contributed by atoms with van der Waals surface area (Å²) in [5, 5.41) is 0. The van der Waals surface area contributed by atoms with E-state index in [0.717, 1.165) is 23.3 Å². The highest BCUT2D eigenvalue weighted by molar-refractivity contribution is 5.41. The number of hydrogen-bond acceptors (Lipinski definition) is 2. The van der Waals surface area contributed by atoms with Crippen LogP contribution >= 0.6 is 0 Å². The predicted molar refractivity (Wildman–Crippen MR) is 72.4 cm³/mol. The topological polar surface area (TPSA) is 35.2 Å². The average Bonchev–Trinajstić information content (AvgIpc) is 2.44. The third-order valence-corrected chi connectivity index (χ3v) is 3.68. The molecule has 21 heavy (non-hydrogen) atoms. The molecule has 5 heteroatoms. The lowest BCUT2D eigenvalue weighted by atomic mass is 9.92. The average molecular weight is 293 g/mol. The van der Waals surface area contributed by atoms with Gasteiger partial charge < -0.3 is 10.5 Å². The second-order valence-electron chi connectivity index (χ2n) is 5.29. The van der Waals surface area contributed by atoms with Crippen LogP contribution in [0.2, 0.25) is 0 Å². The SMILES string of the molecule is Cc1ccc2c(c1)C(N)CC(c1cc(F)c(F)c(F)c1)O2. The Hall–Kier alpha value is -2.01. The zero-order valence-electron chi connectivity index (χ0n) is 11.4. The highest BCUT2D eigenvalue weighted by atomic mass is 19.2. The summed E-state index contributed by atoms with van der Waals surface area (Å²) in [5.74, 6) is -3.34. The zero-order chi connectivity index (χ0) is 15.1. The monoisotopic (exact) mass is 293 g/mol. The van der Waals surface area contributed by atoms with Crippen LogP contribution < -0.4 is 10.5 Å². The van der Waals surface area contributed by atoms with Crippen molar-refractivity contribution in [3.8, 4) is 5.75 Å². The lowest BCUT2D eigenvalue weighted by Crippen LogP contribution is -2.24. The van der Waals surface area contributed by atoms with Crippen molar-refractivity contribution in [1.29, 1.82) is 0 Å². The molecule has 2 N–H and O–H groups in total. The van der Waals surface area contributed by atoms with Gasteiger partial charge >= 0.3 is 0 Å². The zero-order valence-corrected chi connectivity index (χ0v) is 11.4. The summed E-state index contributed by atoms with van der Waals surface area (Å²) >= 11 is 0. The molecule has 2 aromatic carbocycles. The molecule has 0 aromatic heterocycles. The van der Waals surface area contributed by atoms with Crippen molar-refractivity contribution in [2.75, 3.05) is 0 Å². The number of fused-ring (bicyclic) bond motifs is 1. The van der Waals surface area contributed by atoms with E-state index in [9.17, 15) is 13.2 Å². The van der Waals surface area contributed by atoms with Gasteiger partial charge in [0.15, 0.2) is 17.5 Å². The summed E-state index contributed by atoms with van der Waals surface area (Å²) in [6, 6.07) is 7.20. The third-order valence-electron chi connectivity index (χ3n) is 3.68. The maximum absolute atomic E-state index is 13.3. The normalized spacial score (nSPS) is 20.8. The second kappa shape index (κ2) is 5.07. The summed E-state index contributed by atoms with van der Waals surface area (Å²) < 4.78 is 45.5. The molecule has 0 fully saturated rings. The van der Waals surface area contributed by atoms with Gasteiger partial charge in [-0.15, -0.1) is 0 Å². The highest BCUT2D eigenvalue weighted by Crippen LogP contribution is 2.40. The van der Waals surface area contributed by atoms with Crippen LogP contribution in [0, 0.1) is 24.4 Å². The summed E-state index contributed by atoms with van der Waals surface area (Å²) in [6.45, 7) is 1.95. The van der Waals surface area contributed by atoms with Crippen molar-refractivity contribution < 1.29 is 17.9 Å². The van der Waals surface area contributed by atoms with Crippen LogP contribution in [0.15, 0.2) is 30.3 Å². The number of halogens is 3. The molecule has 0 amide bonds. The maximum atomic E-state index is 13.3. The van der Waals surface area contributed by atoms with E-state index in [2.05, 4.69) is 0 Å². The van der Waals surface area contributed by atoms with Crippen LogP contribution in [0.4, 0.5) is 13.2 Å². The number of nitrogens with two attached hydrogens (primary N) is 1. The van der Waals surface area contributed by atoms with Crippen LogP contribution in [-0.2, 0) is 0 Å². The molecule has 1 aliphatic heterocycles. The molecule has 1 heterocycles. The Morgan fingerprint density at radius 1 is 1.10 bits per heavy atom. The fourth-order valence-corrected chi connectivity index (χ4v) is 2.59. The number of aryl methyl sites for hydroxylation is 1. The first-order chi connectivity index (χ1) is 9.95. The van der Waals surface area contributed by atoms with E-state index in [-0.39, 0.29) is 11.6 Å². The second-order valence-corrected chi connectivity index (χ2v) is 5.29. The van der Waals surface area contributed by atoms with Crippen molar-refractivity contribution in [3.63, 3.8) is 0 Å². The van der Waals surface area contributed by atoms with E-state index >= 15 is 0 Å². The Morgan fingerprint density at radius 3 is 2.43 bits per heavy atom. The van der Waals surface area contributed by atoms with Crippen LogP contribution in [0.25, 0.3) is 0 Å². The molecule has 3 rings (SSSR count). The Balaban J connectivity index is 1.98. The third kappa shape index (κ3) is 2.49. The summed E-state index contributed by atoms with van der Waals surface area (Å²) in [4.78, 5) is 0. The number of hydrogen-bond donors (Lipinski definition) is 1. The van der Waals surface area contributed by atoms with Crippen molar-refractivity contribution in [2.24, 2.45) is 5.73 Å². The molecular weight excluding hydrogens is 279 g/mol. The first-order valence-corrected chi connectivity index (χ1v) is 6.63. The molecule has 2 nitrogen and oxygen atoms in total. The molecule has 0 bridgehead atoms. The van der Waals surface area contributed by atoms with Gasteiger partial charge in [0.1, 0.15) is 11.9 Å². The van der Waals surface area contributed by atoms with Gasteiger partial charge in [-0.2, -0.15) is 0 Å². The minimum atomic E-state index is -1.48. The van der Waals surface area contributed by atoms with Gasteiger partial charge in [-0.05, 0) is 30.7 Å².